The van der Waals surface area contributed by atoms with E-state index in [-0.39, 0.29) is 42.4 Å². The van der Waals surface area contributed by atoms with Crippen LogP contribution in [0.15, 0.2) is 36.4 Å². The number of esters is 1. The monoisotopic (exact) mass is 538 g/mol. The number of halogens is 5. The van der Waals surface area contributed by atoms with E-state index in [9.17, 15) is 36.3 Å². The first-order valence-electron chi connectivity index (χ1n) is 11.9. The van der Waals surface area contributed by atoms with Gasteiger partial charge in [0.25, 0.3) is 5.91 Å². The maximum absolute atomic E-state index is 14.8. The summed E-state index contributed by atoms with van der Waals surface area (Å²) in [6.07, 6.45) is -4.04. The van der Waals surface area contributed by atoms with Gasteiger partial charge in [-0.25, -0.2) is 13.6 Å². The van der Waals surface area contributed by atoms with E-state index >= 15 is 0 Å². The Morgan fingerprint density at radius 2 is 1.76 bits per heavy atom. The molecule has 12 heteroatoms. The Bertz CT molecular complexity index is 1300. The molecule has 7 nitrogen and oxygen atoms in total. The molecule has 4 atom stereocenters. The van der Waals surface area contributed by atoms with Gasteiger partial charge in [0.05, 0.1) is 37.5 Å². The molecular weight excluding hydrogens is 515 g/mol. The molecule has 0 bridgehead atoms. The van der Waals surface area contributed by atoms with Crippen molar-refractivity contribution in [2.24, 2.45) is 11.8 Å². The van der Waals surface area contributed by atoms with E-state index < -0.39 is 64.7 Å². The van der Waals surface area contributed by atoms with E-state index in [1.807, 2.05) is 0 Å². The molecule has 1 unspecified atom stereocenters. The van der Waals surface area contributed by atoms with Crippen LogP contribution in [0.4, 0.5) is 22.0 Å². The average molecular weight is 538 g/mol. The van der Waals surface area contributed by atoms with Crippen LogP contribution in [0.1, 0.15) is 50.7 Å². The van der Waals surface area contributed by atoms with E-state index in [2.05, 4.69) is 5.32 Å². The van der Waals surface area contributed by atoms with Crippen molar-refractivity contribution in [2.75, 3.05) is 20.3 Å². The van der Waals surface area contributed by atoms with Gasteiger partial charge in [-0.05, 0) is 49.1 Å². The molecule has 2 aromatic rings. The molecule has 1 saturated carbocycles. The number of rotatable bonds is 6. The van der Waals surface area contributed by atoms with Gasteiger partial charge in [0.2, 0.25) is 5.91 Å². The second-order valence-corrected chi connectivity index (χ2v) is 9.73. The summed E-state index contributed by atoms with van der Waals surface area (Å²) < 4.78 is 78.1. The van der Waals surface area contributed by atoms with Crippen LogP contribution in [0, 0.1) is 23.5 Å². The predicted molar refractivity (Wildman–Crippen MR) is 121 cm³/mol. The molecule has 1 aliphatic carbocycles. The van der Waals surface area contributed by atoms with Crippen LogP contribution in [0.2, 0.25) is 0 Å². The Morgan fingerprint density at radius 3 is 2.39 bits per heavy atom. The Hall–Kier alpha value is -3.54. The number of nitrogens with zero attached hydrogens (tertiary/aromatic N) is 1. The number of likely N-dealkylation sites (tertiary alicyclic amines) is 1. The average Bonchev–Trinajstić information content (AvgIpc) is 3.51. The molecule has 202 valence electrons. The van der Waals surface area contributed by atoms with Crippen molar-refractivity contribution in [3.05, 3.63) is 70.3 Å². The Morgan fingerprint density at radius 1 is 1.05 bits per heavy atom. The van der Waals surface area contributed by atoms with Crippen molar-refractivity contribution in [2.45, 2.75) is 37.1 Å². The number of nitrogens with one attached hydrogen (secondary N) is 1. The van der Waals surface area contributed by atoms with Gasteiger partial charge in [-0.1, -0.05) is 6.07 Å². The van der Waals surface area contributed by atoms with Gasteiger partial charge in [-0.15, -0.1) is 0 Å². The van der Waals surface area contributed by atoms with Crippen LogP contribution in [-0.2, 0) is 20.4 Å². The number of ether oxygens (including phenoxy) is 2. The van der Waals surface area contributed by atoms with Crippen molar-refractivity contribution in [3.8, 4) is 0 Å². The second kappa shape index (κ2) is 9.64. The highest BCUT2D eigenvalue weighted by Crippen LogP contribution is 2.48. The molecule has 2 aliphatic heterocycles. The standard InChI is InChI=1S/C26H23F5N2O5/c1-37-25(36)13-4-2-3-12(5-13)24(35)33-20-6-14(20)7-21(33)23(34)32-22(15-10-38-11-15)16-8-19(28)17(9-18(16)27)26(29,30)31/h2-5,8-9,14-15,20-22H,6-7,10-11H2,1H3,(H,32,34)/t14-,20-,21-,22?/m1/s1. The Kier molecular flexibility index (Phi) is 6.62. The van der Waals surface area contributed by atoms with Gasteiger partial charge >= 0.3 is 12.1 Å². The number of benzene rings is 2. The van der Waals surface area contributed by atoms with Crippen molar-refractivity contribution >= 4 is 17.8 Å². The van der Waals surface area contributed by atoms with Crippen LogP contribution in [-0.4, -0.2) is 55.1 Å². The second-order valence-electron chi connectivity index (χ2n) is 9.73. The summed E-state index contributed by atoms with van der Waals surface area (Å²) in [6, 6.07) is 4.13. The SMILES string of the molecule is COC(=O)c1cccc(C(=O)N2[C@@H](C(=O)NC(c3cc(F)c(C(F)(F)F)cc3F)C3COC3)C[C@H]3C[C@H]32)c1. The quantitative estimate of drug-likeness (QED) is 0.446. The highest BCUT2D eigenvalue weighted by atomic mass is 19.4. The van der Waals surface area contributed by atoms with Crippen molar-refractivity contribution in [1.82, 2.24) is 10.2 Å². The highest BCUT2D eigenvalue weighted by molar-refractivity contribution is 6.01. The molecule has 38 heavy (non-hydrogen) atoms. The van der Waals surface area contributed by atoms with E-state index in [0.29, 0.717) is 18.9 Å². The van der Waals surface area contributed by atoms with Crippen LogP contribution < -0.4 is 5.32 Å². The zero-order valence-corrected chi connectivity index (χ0v) is 20.1. The summed E-state index contributed by atoms with van der Waals surface area (Å²) in [5.41, 5.74) is -1.83. The van der Waals surface area contributed by atoms with Gasteiger partial charge < -0.3 is 19.7 Å². The lowest BCUT2D eigenvalue weighted by molar-refractivity contribution is -0.140. The molecule has 1 N–H and O–H groups in total. The fourth-order valence-corrected chi connectivity index (χ4v) is 5.19. The number of piperidine rings is 1. The first kappa shape index (κ1) is 26.1. The number of hydrogen-bond donors (Lipinski definition) is 1. The summed E-state index contributed by atoms with van der Waals surface area (Å²) in [5.74, 6) is -5.11. The molecule has 2 saturated heterocycles. The van der Waals surface area contributed by atoms with Crippen molar-refractivity contribution < 1.29 is 45.8 Å². The number of methoxy groups -OCH3 is 1. The van der Waals surface area contributed by atoms with E-state index in [1.54, 1.807) is 0 Å². The van der Waals surface area contributed by atoms with Crippen LogP contribution in [0.5, 0.6) is 0 Å². The maximum Gasteiger partial charge on any atom is 0.419 e. The van der Waals surface area contributed by atoms with Crippen molar-refractivity contribution in [3.63, 3.8) is 0 Å². The molecule has 3 aliphatic rings. The Labute approximate surface area is 213 Å². The lowest BCUT2D eigenvalue weighted by atomic mass is 9.89. The zero-order valence-electron chi connectivity index (χ0n) is 20.1. The predicted octanol–water partition coefficient (Wildman–Crippen LogP) is 3.88. The number of carbonyl (C=O) groups is 3. The van der Waals surface area contributed by atoms with Gasteiger partial charge in [0.1, 0.15) is 17.7 Å². The minimum atomic E-state index is -5.08. The summed E-state index contributed by atoms with van der Waals surface area (Å²) >= 11 is 0. The smallest absolute Gasteiger partial charge is 0.419 e. The van der Waals surface area contributed by atoms with Crippen LogP contribution >= 0.6 is 0 Å². The minimum absolute atomic E-state index is 0.0816. The molecule has 2 aromatic carbocycles. The first-order chi connectivity index (χ1) is 18.0. The van der Waals surface area contributed by atoms with E-state index in [4.69, 9.17) is 9.47 Å². The maximum atomic E-state index is 14.8. The molecule has 0 radical (unpaired) electrons. The fourth-order valence-electron chi connectivity index (χ4n) is 5.19. The normalized spacial score (nSPS) is 23.3. The number of hydrogen-bond acceptors (Lipinski definition) is 5. The molecule has 3 fully saturated rings. The fraction of sp³-hybridized carbons (Fsp3) is 0.423. The molecule has 2 heterocycles. The zero-order chi connectivity index (χ0) is 27.4. The topological polar surface area (TPSA) is 84.9 Å². The van der Waals surface area contributed by atoms with Gasteiger partial charge in [0.15, 0.2) is 0 Å². The lowest BCUT2D eigenvalue weighted by Gasteiger charge is -2.36. The lowest BCUT2D eigenvalue weighted by Crippen LogP contribution is -2.51. The first-order valence-corrected chi connectivity index (χ1v) is 11.9. The summed E-state index contributed by atoms with van der Waals surface area (Å²) in [5, 5.41) is 2.64. The highest BCUT2D eigenvalue weighted by Gasteiger charge is 2.56. The van der Waals surface area contributed by atoms with Gasteiger partial charge in [-0.3, -0.25) is 9.59 Å². The third-order valence-electron chi connectivity index (χ3n) is 7.33. The molecule has 0 aromatic heterocycles. The molecule has 5 rings (SSSR count). The summed E-state index contributed by atoms with van der Waals surface area (Å²) in [4.78, 5) is 40.1. The third-order valence-corrected chi connectivity index (χ3v) is 7.33. The van der Waals surface area contributed by atoms with E-state index in [0.717, 1.165) is 0 Å². The van der Waals surface area contributed by atoms with Gasteiger partial charge in [0, 0.05) is 23.1 Å². The van der Waals surface area contributed by atoms with Gasteiger partial charge in [-0.2, -0.15) is 13.2 Å². The molecule has 0 spiro atoms. The summed E-state index contributed by atoms with van der Waals surface area (Å²) in [6.45, 7) is 0.178. The summed E-state index contributed by atoms with van der Waals surface area (Å²) in [7, 11) is 1.21. The van der Waals surface area contributed by atoms with Crippen LogP contribution in [0.25, 0.3) is 0 Å². The molecular formula is C26H23F5N2O5. The Balaban J connectivity index is 1.40. The number of carbonyl (C=O) groups excluding carboxylic acids is 3. The largest absolute Gasteiger partial charge is 0.465 e. The van der Waals surface area contributed by atoms with E-state index in [1.165, 1.54) is 36.3 Å². The minimum Gasteiger partial charge on any atom is -0.465 e. The van der Waals surface area contributed by atoms with Crippen molar-refractivity contribution in [1.29, 1.82) is 0 Å². The van der Waals surface area contributed by atoms with Crippen LogP contribution in [0.3, 0.4) is 0 Å². The third kappa shape index (κ3) is 4.72. The molecule has 2 amide bonds. The number of fused-ring (bicyclic) bond motifs is 1. The number of amides is 2. The number of alkyl halides is 3.